The van der Waals surface area contributed by atoms with E-state index in [4.69, 9.17) is 0 Å². The minimum Gasteiger partial charge on any atom is -0.391 e. The van der Waals surface area contributed by atoms with E-state index in [-0.39, 0.29) is 30.9 Å². The fourth-order valence-corrected chi connectivity index (χ4v) is 2.14. The Bertz CT molecular complexity index is 437. The summed E-state index contributed by atoms with van der Waals surface area (Å²) in [5, 5.41) is 14.9. The quantitative estimate of drug-likeness (QED) is 0.741. The molecule has 1 rings (SSSR count). The van der Waals surface area contributed by atoms with Crippen molar-refractivity contribution in [1.82, 2.24) is 10.6 Å². The normalized spacial score (nSPS) is 13.7. The van der Waals surface area contributed by atoms with Crippen molar-refractivity contribution in [3.63, 3.8) is 0 Å². The fraction of sp³-hybridized carbons (Fsp3) is 0.500. The van der Waals surface area contributed by atoms with Gasteiger partial charge >= 0.3 is 6.03 Å². The molecule has 2 unspecified atom stereocenters. The predicted molar refractivity (Wildman–Crippen MR) is 79.8 cm³/mol. The Labute approximate surface area is 126 Å². The molecule has 0 bridgehead atoms. The van der Waals surface area contributed by atoms with Crippen LogP contribution in [0.25, 0.3) is 0 Å². The van der Waals surface area contributed by atoms with Crippen LogP contribution in [-0.2, 0) is 6.54 Å². The number of nitrogens with one attached hydrogen (secondary N) is 2. The molecule has 0 saturated heterocycles. The van der Waals surface area contributed by atoms with Crippen LogP contribution in [0.5, 0.6) is 0 Å². The van der Waals surface area contributed by atoms with Crippen LogP contribution in [0, 0.1) is 11.7 Å². The van der Waals surface area contributed by atoms with Gasteiger partial charge in [-0.3, -0.25) is 0 Å². The number of hydrogen-bond donors (Lipinski definition) is 3. The maximum atomic E-state index is 13.1. The van der Waals surface area contributed by atoms with Gasteiger partial charge in [-0.05, 0) is 29.7 Å². The summed E-state index contributed by atoms with van der Waals surface area (Å²) in [6, 6.07) is 4.07. The number of carbonyl (C=O) groups is 1. The largest absolute Gasteiger partial charge is 0.391 e. The van der Waals surface area contributed by atoms with Crippen molar-refractivity contribution in [2.75, 3.05) is 6.54 Å². The lowest BCUT2D eigenvalue weighted by Gasteiger charge is -2.17. The van der Waals surface area contributed by atoms with Gasteiger partial charge in [-0.25, -0.2) is 9.18 Å². The highest BCUT2D eigenvalue weighted by Crippen LogP contribution is 2.14. The molecule has 2 atom stereocenters. The number of aliphatic hydroxyl groups is 1. The highest BCUT2D eigenvalue weighted by atomic mass is 79.9. The molecule has 112 valence electrons. The van der Waals surface area contributed by atoms with E-state index in [0.717, 1.165) is 6.42 Å². The Morgan fingerprint density at radius 1 is 1.40 bits per heavy atom. The van der Waals surface area contributed by atoms with Crippen molar-refractivity contribution in [3.05, 3.63) is 34.1 Å². The number of aliphatic hydroxyl groups excluding tert-OH is 1. The van der Waals surface area contributed by atoms with Crippen LogP contribution >= 0.6 is 15.9 Å². The second-order valence-electron chi connectivity index (χ2n) is 4.79. The SMILES string of the molecule is CCC(C)C(O)CNC(=O)NCc1cc(F)cc(Br)c1. The molecule has 0 heterocycles. The van der Waals surface area contributed by atoms with Gasteiger partial charge in [0.15, 0.2) is 0 Å². The monoisotopic (exact) mass is 346 g/mol. The molecule has 0 saturated carbocycles. The minimum absolute atomic E-state index is 0.134. The van der Waals surface area contributed by atoms with Crippen LogP contribution in [0.1, 0.15) is 25.8 Å². The third kappa shape index (κ3) is 5.88. The van der Waals surface area contributed by atoms with Gasteiger partial charge in [-0.15, -0.1) is 0 Å². The minimum atomic E-state index is -0.561. The maximum absolute atomic E-state index is 13.1. The number of halogens is 2. The Morgan fingerprint density at radius 2 is 2.10 bits per heavy atom. The molecule has 0 radical (unpaired) electrons. The number of rotatable bonds is 6. The molecule has 1 aromatic carbocycles. The van der Waals surface area contributed by atoms with E-state index < -0.39 is 6.10 Å². The van der Waals surface area contributed by atoms with Gasteiger partial charge < -0.3 is 15.7 Å². The second kappa shape index (κ2) is 8.21. The third-order valence-electron chi connectivity index (χ3n) is 3.15. The van der Waals surface area contributed by atoms with Crippen molar-refractivity contribution in [3.8, 4) is 0 Å². The van der Waals surface area contributed by atoms with Crippen molar-refractivity contribution >= 4 is 22.0 Å². The summed E-state index contributed by atoms with van der Waals surface area (Å²) < 4.78 is 13.8. The molecule has 20 heavy (non-hydrogen) atoms. The molecule has 0 aliphatic carbocycles. The molecule has 4 nitrogen and oxygen atoms in total. The third-order valence-corrected chi connectivity index (χ3v) is 3.61. The first-order valence-corrected chi connectivity index (χ1v) is 7.36. The summed E-state index contributed by atoms with van der Waals surface area (Å²) in [7, 11) is 0. The first-order valence-electron chi connectivity index (χ1n) is 6.57. The van der Waals surface area contributed by atoms with Gasteiger partial charge in [0.2, 0.25) is 0 Å². The maximum Gasteiger partial charge on any atom is 0.315 e. The van der Waals surface area contributed by atoms with E-state index >= 15 is 0 Å². The van der Waals surface area contributed by atoms with Crippen LogP contribution in [0.15, 0.2) is 22.7 Å². The van der Waals surface area contributed by atoms with Gasteiger partial charge in [0.25, 0.3) is 0 Å². The molecule has 3 N–H and O–H groups in total. The van der Waals surface area contributed by atoms with Crippen molar-refractivity contribution in [1.29, 1.82) is 0 Å². The fourth-order valence-electron chi connectivity index (χ4n) is 1.63. The average Bonchev–Trinajstić information content (AvgIpc) is 2.40. The topological polar surface area (TPSA) is 61.4 Å². The van der Waals surface area contributed by atoms with Gasteiger partial charge in [0, 0.05) is 17.6 Å². The van der Waals surface area contributed by atoms with Gasteiger partial charge in [-0.2, -0.15) is 0 Å². The summed E-state index contributed by atoms with van der Waals surface area (Å²) in [5.41, 5.74) is 0.662. The van der Waals surface area contributed by atoms with Gasteiger partial charge in [-0.1, -0.05) is 36.2 Å². The first kappa shape index (κ1) is 16.9. The number of benzene rings is 1. The molecule has 0 spiro atoms. The molecular formula is C14H20BrFN2O2. The molecule has 0 fully saturated rings. The first-order chi connectivity index (χ1) is 9.42. The number of carbonyl (C=O) groups excluding carboxylic acids is 1. The summed E-state index contributed by atoms with van der Waals surface area (Å²) in [6.45, 7) is 4.33. The molecule has 0 aliphatic heterocycles. The Balaban J connectivity index is 2.36. The summed E-state index contributed by atoms with van der Waals surface area (Å²) in [6.07, 6.45) is 0.288. The Hall–Kier alpha value is -1.14. The lowest BCUT2D eigenvalue weighted by molar-refractivity contribution is 0.114. The van der Waals surface area contributed by atoms with E-state index in [0.29, 0.717) is 10.0 Å². The van der Waals surface area contributed by atoms with Gasteiger partial charge in [0.05, 0.1) is 6.10 Å². The van der Waals surface area contributed by atoms with E-state index in [1.165, 1.54) is 12.1 Å². The van der Waals surface area contributed by atoms with Crippen molar-refractivity contribution < 1.29 is 14.3 Å². The molecule has 1 aromatic rings. The number of amides is 2. The van der Waals surface area contributed by atoms with E-state index in [1.807, 2.05) is 13.8 Å². The van der Waals surface area contributed by atoms with Crippen LogP contribution < -0.4 is 10.6 Å². The lowest BCUT2D eigenvalue weighted by Crippen LogP contribution is -2.41. The zero-order valence-electron chi connectivity index (χ0n) is 11.6. The van der Waals surface area contributed by atoms with E-state index in [2.05, 4.69) is 26.6 Å². The second-order valence-corrected chi connectivity index (χ2v) is 5.71. The van der Waals surface area contributed by atoms with Crippen LogP contribution in [0.2, 0.25) is 0 Å². The standard InChI is InChI=1S/C14H20BrFN2O2/c1-3-9(2)13(19)8-18-14(20)17-7-10-4-11(15)6-12(16)5-10/h4-6,9,13,19H,3,7-8H2,1-2H3,(H2,17,18,20). The highest BCUT2D eigenvalue weighted by Gasteiger charge is 2.13. The van der Waals surface area contributed by atoms with Crippen molar-refractivity contribution in [2.45, 2.75) is 32.9 Å². The molecule has 0 aliphatic rings. The summed E-state index contributed by atoms with van der Waals surface area (Å²) >= 11 is 3.19. The Morgan fingerprint density at radius 3 is 2.70 bits per heavy atom. The Kier molecular flexibility index (Phi) is 6.95. The molecule has 0 aromatic heterocycles. The average molecular weight is 347 g/mol. The van der Waals surface area contributed by atoms with Crippen molar-refractivity contribution in [2.24, 2.45) is 5.92 Å². The van der Waals surface area contributed by atoms with Crippen LogP contribution in [0.3, 0.4) is 0 Å². The summed E-state index contributed by atoms with van der Waals surface area (Å²) in [4.78, 5) is 11.6. The number of hydrogen-bond acceptors (Lipinski definition) is 2. The van der Waals surface area contributed by atoms with E-state index in [1.54, 1.807) is 6.07 Å². The lowest BCUT2D eigenvalue weighted by atomic mass is 10.0. The van der Waals surface area contributed by atoms with Gasteiger partial charge in [0.1, 0.15) is 5.82 Å². The van der Waals surface area contributed by atoms with E-state index in [9.17, 15) is 14.3 Å². The zero-order chi connectivity index (χ0) is 15.1. The number of urea groups is 1. The van der Waals surface area contributed by atoms with Crippen LogP contribution in [-0.4, -0.2) is 23.8 Å². The highest BCUT2D eigenvalue weighted by molar-refractivity contribution is 9.10. The smallest absolute Gasteiger partial charge is 0.315 e. The summed E-state index contributed by atoms with van der Waals surface area (Å²) in [5.74, 6) is -0.224. The molecule has 2 amide bonds. The molecule has 6 heteroatoms. The molecular weight excluding hydrogens is 327 g/mol. The zero-order valence-corrected chi connectivity index (χ0v) is 13.2. The van der Waals surface area contributed by atoms with Crippen LogP contribution in [0.4, 0.5) is 9.18 Å². The predicted octanol–water partition coefficient (Wildman–Crippen LogP) is 2.79.